The van der Waals surface area contributed by atoms with Gasteiger partial charge >= 0.3 is 0 Å². The SMILES string of the molecule is CCCn1nnnc1COc1c(Cl)cccc1Cl. The van der Waals surface area contributed by atoms with Gasteiger partial charge in [-0.2, -0.15) is 0 Å². The second-order valence-electron chi connectivity index (χ2n) is 3.66. The molecule has 0 unspecified atom stereocenters. The van der Waals surface area contributed by atoms with Gasteiger partial charge in [0.15, 0.2) is 11.6 Å². The van der Waals surface area contributed by atoms with Crippen LogP contribution in [0.4, 0.5) is 0 Å². The van der Waals surface area contributed by atoms with Gasteiger partial charge < -0.3 is 4.74 Å². The van der Waals surface area contributed by atoms with Crippen LogP contribution < -0.4 is 4.74 Å². The highest BCUT2D eigenvalue weighted by Crippen LogP contribution is 2.32. The molecule has 0 aliphatic heterocycles. The zero-order chi connectivity index (χ0) is 13.0. The summed E-state index contributed by atoms with van der Waals surface area (Å²) in [6.45, 7) is 3.04. The van der Waals surface area contributed by atoms with E-state index in [0.29, 0.717) is 21.6 Å². The summed E-state index contributed by atoms with van der Waals surface area (Å²) in [4.78, 5) is 0. The molecule has 0 aliphatic carbocycles. The first-order valence-corrected chi connectivity index (χ1v) is 6.29. The predicted molar refractivity (Wildman–Crippen MR) is 68.9 cm³/mol. The van der Waals surface area contributed by atoms with Gasteiger partial charge in [0.1, 0.15) is 6.61 Å². The average molecular weight is 287 g/mol. The van der Waals surface area contributed by atoms with Crippen LogP contribution in [0.5, 0.6) is 5.75 Å². The molecule has 18 heavy (non-hydrogen) atoms. The van der Waals surface area contributed by atoms with Gasteiger partial charge in [0, 0.05) is 6.54 Å². The molecule has 0 N–H and O–H groups in total. The van der Waals surface area contributed by atoms with E-state index < -0.39 is 0 Å². The molecular formula is C11H12Cl2N4O. The van der Waals surface area contributed by atoms with Crippen molar-refractivity contribution in [3.8, 4) is 5.75 Å². The molecule has 0 fully saturated rings. The van der Waals surface area contributed by atoms with Crippen molar-refractivity contribution in [3.05, 3.63) is 34.1 Å². The quantitative estimate of drug-likeness (QED) is 0.848. The number of para-hydroxylation sites is 1. The largest absolute Gasteiger partial charge is 0.482 e. The number of rotatable bonds is 5. The molecule has 0 amide bonds. The molecule has 0 saturated heterocycles. The maximum Gasteiger partial charge on any atom is 0.189 e. The van der Waals surface area contributed by atoms with Crippen LogP contribution in [-0.4, -0.2) is 20.2 Å². The van der Waals surface area contributed by atoms with Crippen LogP contribution in [0.25, 0.3) is 0 Å². The fourth-order valence-corrected chi connectivity index (χ4v) is 1.98. The van der Waals surface area contributed by atoms with Crippen LogP contribution in [0.15, 0.2) is 18.2 Å². The zero-order valence-electron chi connectivity index (χ0n) is 9.81. The first kappa shape index (κ1) is 13.1. The molecule has 0 spiro atoms. The molecule has 0 atom stereocenters. The fourth-order valence-electron chi connectivity index (χ4n) is 1.47. The Labute approximate surface area is 115 Å². The Kier molecular flexibility index (Phi) is 4.38. The molecule has 1 heterocycles. The van der Waals surface area contributed by atoms with Gasteiger partial charge in [0.25, 0.3) is 0 Å². The Morgan fingerprint density at radius 3 is 2.67 bits per heavy atom. The zero-order valence-corrected chi connectivity index (χ0v) is 11.3. The van der Waals surface area contributed by atoms with Crippen molar-refractivity contribution in [1.29, 1.82) is 0 Å². The van der Waals surface area contributed by atoms with Crippen molar-refractivity contribution in [2.75, 3.05) is 0 Å². The maximum absolute atomic E-state index is 6.00. The predicted octanol–water partition coefficient (Wildman–Crippen LogP) is 2.97. The number of aromatic nitrogens is 4. The lowest BCUT2D eigenvalue weighted by Gasteiger charge is -2.09. The second-order valence-corrected chi connectivity index (χ2v) is 4.47. The molecule has 7 heteroatoms. The number of hydrogen-bond donors (Lipinski definition) is 0. The minimum Gasteiger partial charge on any atom is -0.482 e. The molecule has 96 valence electrons. The summed E-state index contributed by atoms with van der Waals surface area (Å²) in [5, 5.41) is 12.3. The van der Waals surface area contributed by atoms with Gasteiger partial charge in [-0.15, -0.1) is 5.10 Å². The first-order valence-electron chi connectivity index (χ1n) is 5.54. The molecule has 2 rings (SSSR count). The lowest BCUT2D eigenvalue weighted by atomic mass is 10.3. The van der Waals surface area contributed by atoms with E-state index in [1.165, 1.54) is 0 Å². The summed E-state index contributed by atoms with van der Waals surface area (Å²) in [5.74, 6) is 1.10. The van der Waals surface area contributed by atoms with Crippen molar-refractivity contribution in [1.82, 2.24) is 20.2 Å². The third kappa shape index (κ3) is 2.91. The number of hydrogen-bond acceptors (Lipinski definition) is 4. The van der Waals surface area contributed by atoms with E-state index in [1.54, 1.807) is 22.9 Å². The monoisotopic (exact) mass is 286 g/mol. The van der Waals surface area contributed by atoms with Crippen molar-refractivity contribution in [2.24, 2.45) is 0 Å². The standard InChI is InChI=1S/C11H12Cl2N4O/c1-2-6-17-10(14-15-16-17)7-18-11-8(12)4-3-5-9(11)13/h3-5H,2,6-7H2,1H3. The number of ether oxygens (including phenoxy) is 1. The van der Waals surface area contributed by atoms with E-state index in [4.69, 9.17) is 27.9 Å². The minimum absolute atomic E-state index is 0.233. The van der Waals surface area contributed by atoms with E-state index in [9.17, 15) is 0 Å². The van der Waals surface area contributed by atoms with Gasteiger partial charge in [-0.25, -0.2) is 4.68 Å². The third-order valence-corrected chi connectivity index (χ3v) is 2.90. The van der Waals surface area contributed by atoms with Crippen molar-refractivity contribution < 1.29 is 4.74 Å². The van der Waals surface area contributed by atoms with Crippen molar-refractivity contribution in [3.63, 3.8) is 0 Å². The molecule has 1 aromatic carbocycles. The normalized spacial score (nSPS) is 10.6. The van der Waals surface area contributed by atoms with Gasteiger partial charge in [0.2, 0.25) is 0 Å². The molecule has 1 aromatic heterocycles. The Morgan fingerprint density at radius 1 is 1.28 bits per heavy atom. The summed E-state index contributed by atoms with van der Waals surface area (Å²) >= 11 is 12.0. The average Bonchev–Trinajstić information content (AvgIpc) is 2.77. The molecule has 0 bridgehead atoms. The molecule has 0 radical (unpaired) electrons. The van der Waals surface area contributed by atoms with Gasteiger partial charge in [0.05, 0.1) is 10.0 Å². The van der Waals surface area contributed by atoms with Crippen LogP contribution in [0, 0.1) is 0 Å². The van der Waals surface area contributed by atoms with E-state index in [-0.39, 0.29) is 6.61 Å². The van der Waals surface area contributed by atoms with Crippen molar-refractivity contribution >= 4 is 23.2 Å². The molecule has 0 aliphatic rings. The van der Waals surface area contributed by atoms with Gasteiger partial charge in [-0.05, 0) is 29.0 Å². The number of tetrazole rings is 1. The van der Waals surface area contributed by atoms with Crippen LogP contribution in [0.1, 0.15) is 19.2 Å². The van der Waals surface area contributed by atoms with E-state index in [2.05, 4.69) is 22.4 Å². The molecule has 0 saturated carbocycles. The Morgan fingerprint density at radius 2 is 2.00 bits per heavy atom. The van der Waals surface area contributed by atoms with Crippen molar-refractivity contribution in [2.45, 2.75) is 26.5 Å². The van der Waals surface area contributed by atoms with E-state index >= 15 is 0 Å². The Balaban J connectivity index is 2.09. The van der Waals surface area contributed by atoms with Crippen LogP contribution in [0.2, 0.25) is 10.0 Å². The highest BCUT2D eigenvalue weighted by molar-refractivity contribution is 6.37. The highest BCUT2D eigenvalue weighted by Gasteiger charge is 2.10. The number of halogens is 2. The first-order chi connectivity index (χ1) is 8.72. The van der Waals surface area contributed by atoms with E-state index in [1.807, 2.05) is 0 Å². The van der Waals surface area contributed by atoms with E-state index in [0.717, 1.165) is 13.0 Å². The topological polar surface area (TPSA) is 52.8 Å². The Hall–Kier alpha value is -1.33. The smallest absolute Gasteiger partial charge is 0.189 e. The molecule has 5 nitrogen and oxygen atoms in total. The van der Waals surface area contributed by atoms with Crippen LogP contribution in [-0.2, 0) is 13.2 Å². The summed E-state index contributed by atoms with van der Waals surface area (Å²) < 4.78 is 7.27. The van der Waals surface area contributed by atoms with Crippen LogP contribution in [0.3, 0.4) is 0 Å². The van der Waals surface area contributed by atoms with Gasteiger partial charge in [-0.1, -0.05) is 36.2 Å². The summed E-state index contributed by atoms with van der Waals surface area (Å²) in [5.41, 5.74) is 0. The minimum atomic E-state index is 0.233. The maximum atomic E-state index is 6.00. The lowest BCUT2D eigenvalue weighted by molar-refractivity contribution is 0.286. The molecule has 2 aromatic rings. The number of nitrogens with zero attached hydrogens (tertiary/aromatic N) is 4. The number of benzene rings is 1. The lowest BCUT2D eigenvalue weighted by Crippen LogP contribution is -2.08. The van der Waals surface area contributed by atoms with Gasteiger partial charge in [-0.3, -0.25) is 0 Å². The molecular weight excluding hydrogens is 275 g/mol. The second kappa shape index (κ2) is 6.02. The third-order valence-electron chi connectivity index (χ3n) is 2.31. The summed E-state index contributed by atoms with van der Waals surface area (Å²) in [7, 11) is 0. The summed E-state index contributed by atoms with van der Waals surface area (Å²) in [6.07, 6.45) is 0.949. The Bertz CT molecular complexity index is 509. The summed E-state index contributed by atoms with van der Waals surface area (Å²) in [6, 6.07) is 5.20. The fraction of sp³-hybridized carbons (Fsp3) is 0.364. The number of aryl methyl sites for hydroxylation is 1. The van der Waals surface area contributed by atoms with Crippen LogP contribution >= 0.6 is 23.2 Å². The highest BCUT2D eigenvalue weighted by atomic mass is 35.5.